The van der Waals surface area contributed by atoms with Gasteiger partial charge in [0.15, 0.2) is 0 Å². The van der Waals surface area contributed by atoms with E-state index in [1.807, 2.05) is 30.3 Å². The first-order valence-corrected chi connectivity index (χ1v) is 11.4. The molecule has 1 aromatic heterocycles. The number of para-hydroxylation sites is 1. The van der Waals surface area contributed by atoms with Crippen LogP contribution in [0.2, 0.25) is 0 Å². The number of carbonyl (C=O) groups is 1. The van der Waals surface area contributed by atoms with E-state index in [1.54, 1.807) is 11.8 Å². The van der Waals surface area contributed by atoms with E-state index in [0.29, 0.717) is 5.92 Å². The molecule has 1 saturated carbocycles. The Hall–Kier alpha value is -2.33. The van der Waals surface area contributed by atoms with Gasteiger partial charge in [-0.25, -0.2) is 4.98 Å². The van der Waals surface area contributed by atoms with Crippen LogP contribution in [0.5, 0.6) is 0 Å². The van der Waals surface area contributed by atoms with Gasteiger partial charge in [-0.2, -0.15) is 0 Å². The second-order valence-electron chi connectivity index (χ2n) is 7.97. The molecule has 0 bridgehead atoms. The fourth-order valence-corrected chi connectivity index (χ4v) is 4.92. The first-order valence-electron chi connectivity index (χ1n) is 10.6. The largest absolute Gasteiger partial charge is 0.349 e. The molecule has 2 aromatic carbocycles. The number of pyridine rings is 1. The summed E-state index contributed by atoms with van der Waals surface area (Å²) in [4.78, 5) is 19.1. The number of rotatable bonds is 5. The summed E-state index contributed by atoms with van der Waals surface area (Å²) in [6.07, 6.45) is 5.76. The van der Waals surface area contributed by atoms with E-state index in [0.717, 1.165) is 39.2 Å². The molecule has 0 radical (unpaired) electrons. The van der Waals surface area contributed by atoms with Crippen LogP contribution in [0.1, 0.15) is 55.5 Å². The van der Waals surface area contributed by atoms with E-state index in [4.69, 9.17) is 4.98 Å². The molecule has 4 rings (SSSR count). The quantitative estimate of drug-likeness (QED) is 0.546. The Balaban J connectivity index is 1.63. The number of aryl methyl sites for hydroxylation is 1. The molecule has 1 aliphatic carbocycles. The maximum Gasteiger partial charge on any atom is 0.252 e. The van der Waals surface area contributed by atoms with E-state index in [-0.39, 0.29) is 11.9 Å². The SMILES string of the molecule is CCc1ccc(Sc2cc(C(=O)N[C@@H]3CCCC[C@H]3C)c3ccccc3n2)cc1. The molecular formula is C25H28N2OS. The maximum absolute atomic E-state index is 13.2. The van der Waals surface area contributed by atoms with Gasteiger partial charge in [-0.1, -0.05) is 68.8 Å². The highest BCUT2D eigenvalue weighted by atomic mass is 32.2. The Morgan fingerprint density at radius 1 is 1.10 bits per heavy atom. The molecule has 1 N–H and O–H groups in total. The van der Waals surface area contributed by atoms with Crippen molar-refractivity contribution in [2.45, 2.75) is 61.9 Å². The van der Waals surface area contributed by atoms with Crippen LogP contribution in [0.3, 0.4) is 0 Å². The van der Waals surface area contributed by atoms with Crippen LogP contribution in [0.25, 0.3) is 10.9 Å². The number of nitrogens with one attached hydrogen (secondary N) is 1. The van der Waals surface area contributed by atoms with Crippen LogP contribution >= 0.6 is 11.8 Å². The van der Waals surface area contributed by atoms with Crippen LogP contribution in [0, 0.1) is 5.92 Å². The molecule has 0 aliphatic heterocycles. The second kappa shape index (κ2) is 9.00. The maximum atomic E-state index is 13.2. The van der Waals surface area contributed by atoms with Crippen LogP contribution in [0.15, 0.2) is 64.5 Å². The van der Waals surface area contributed by atoms with Gasteiger partial charge in [0, 0.05) is 16.3 Å². The molecule has 3 nitrogen and oxygen atoms in total. The molecule has 1 heterocycles. The molecular weight excluding hydrogens is 376 g/mol. The Morgan fingerprint density at radius 3 is 2.62 bits per heavy atom. The van der Waals surface area contributed by atoms with Gasteiger partial charge < -0.3 is 5.32 Å². The summed E-state index contributed by atoms with van der Waals surface area (Å²) >= 11 is 1.61. The van der Waals surface area contributed by atoms with Crippen molar-refractivity contribution in [2.24, 2.45) is 5.92 Å². The minimum absolute atomic E-state index is 0.0190. The summed E-state index contributed by atoms with van der Waals surface area (Å²) < 4.78 is 0. The van der Waals surface area contributed by atoms with Gasteiger partial charge >= 0.3 is 0 Å². The summed E-state index contributed by atoms with van der Waals surface area (Å²) in [5.41, 5.74) is 2.91. The summed E-state index contributed by atoms with van der Waals surface area (Å²) in [6, 6.07) is 18.7. The third-order valence-corrected chi connectivity index (χ3v) is 6.85. The number of hydrogen-bond donors (Lipinski definition) is 1. The average Bonchev–Trinajstić information content (AvgIpc) is 2.75. The summed E-state index contributed by atoms with van der Waals surface area (Å²) in [6.45, 7) is 4.40. The van der Waals surface area contributed by atoms with Crippen molar-refractivity contribution in [1.82, 2.24) is 10.3 Å². The Kier molecular flexibility index (Phi) is 6.19. The topological polar surface area (TPSA) is 42.0 Å². The van der Waals surface area contributed by atoms with Crippen molar-refractivity contribution < 1.29 is 4.79 Å². The van der Waals surface area contributed by atoms with Crippen LogP contribution < -0.4 is 5.32 Å². The lowest BCUT2D eigenvalue weighted by Crippen LogP contribution is -2.41. The molecule has 1 aliphatic rings. The molecule has 0 unspecified atom stereocenters. The number of aromatic nitrogens is 1. The minimum Gasteiger partial charge on any atom is -0.349 e. The molecule has 2 atom stereocenters. The smallest absolute Gasteiger partial charge is 0.252 e. The number of benzene rings is 2. The monoisotopic (exact) mass is 404 g/mol. The normalized spacial score (nSPS) is 19.2. The van der Waals surface area contributed by atoms with E-state index in [9.17, 15) is 4.79 Å². The number of fused-ring (bicyclic) bond motifs is 1. The summed E-state index contributed by atoms with van der Waals surface area (Å²) in [7, 11) is 0. The van der Waals surface area contributed by atoms with E-state index < -0.39 is 0 Å². The number of amides is 1. The molecule has 0 spiro atoms. The third-order valence-electron chi connectivity index (χ3n) is 5.92. The zero-order chi connectivity index (χ0) is 20.2. The Morgan fingerprint density at radius 2 is 1.86 bits per heavy atom. The Bertz CT molecular complexity index is 999. The zero-order valence-corrected chi connectivity index (χ0v) is 18.0. The predicted molar refractivity (Wildman–Crippen MR) is 121 cm³/mol. The average molecular weight is 405 g/mol. The molecule has 4 heteroatoms. The number of hydrogen-bond acceptors (Lipinski definition) is 3. The highest BCUT2D eigenvalue weighted by Crippen LogP contribution is 2.31. The van der Waals surface area contributed by atoms with Gasteiger partial charge in [0.05, 0.1) is 11.1 Å². The second-order valence-corrected chi connectivity index (χ2v) is 9.06. The third kappa shape index (κ3) is 4.64. The van der Waals surface area contributed by atoms with Gasteiger partial charge in [-0.05, 0) is 55.0 Å². The van der Waals surface area contributed by atoms with E-state index in [1.165, 1.54) is 24.8 Å². The van der Waals surface area contributed by atoms with Crippen molar-refractivity contribution in [2.75, 3.05) is 0 Å². The van der Waals surface area contributed by atoms with Crippen molar-refractivity contribution >= 4 is 28.6 Å². The number of carbonyl (C=O) groups excluding carboxylic acids is 1. The van der Waals surface area contributed by atoms with Crippen molar-refractivity contribution in [3.05, 3.63) is 65.7 Å². The molecule has 1 fully saturated rings. The lowest BCUT2D eigenvalue weighted by atomic mass is 9.86. The zero-order valence-electron chi connectivity index (χ0n) is 17.2. The van der Waals surface area contributed by atoms with Gasteiger partial charge in [-0.15, -0.1) is 0 Å². The Labute approximate surface area is 177 Å². The first kappa shape index (κ1) is 20.0. The van der Waals surface area contributed by atoms with Crippen LogP contribution in [-0.4, -0.2) is 16.9 Å². The molecule has 150 valence electrons. The molecule has 0 saturated heterocycles. The van der Waals surface area contributed by atoms with Gasteiger partial charge in [0.25, 0.3) is 5.91 Å². The fourth-order valence-electron chi connectivity index (χ4n) is 4.08. The highest BCUT2D eigenvalue weighted by Gasteiger charge is 2.24. The lowest BCUT2D eigenvalue weighted by molar-refractivity contribution is 0.0911. The summed E-state index contributed by atoms with van der Waals surface area (Å²) in [5, 5.41) is 5.08. The first-order chi connectivity index (χ1) is 14.1. The van der Waals surface area contributed by atoms with E-state index >= 15 is 0 Å². The highest BCUT2D eigenvalue weighted by molar-refractivity contribution is 7.99. The summed E-state index contributed by atoms with van der Waals surface area (Å²) in [5.74, 6) is 0.553. The van der Waals surface area contributed by atoms with Crippen molar-refractivity contribution in [1.29, 1.82) is 0 Å². The van der Waals surface area contributed by atoms with Gasteiger partial charge in [-0.3, -0.25) is 4.79 Å². The number of nitrogens with zero attached hydrogens (tertiary/aromatic N) is 1. The molecule has 1 amide bonds. The minimum atomic E-state index is 0.0190. The van der Waals surface area contributed by atoms with Crippen molar-refractivity contribution in [3.8, 4) is 0 Å². The van der Waals surface area contributed by atoms with Gasteiger partial charge in [0.2, 0.25) is 0 Å². The predicted octanol–water partition coefficient (Wildman–Crippen LogP) is 6.26. The molecule has 29 heavy (non-hydrogen) atoms. The van der Waals surface area contributed by atoms with E-state index in [2.05, 4.69) is 43.4 Å². The standard InChI is InChI=1S/C25H28N2OS/c1-3-18-12-14-19(15-13-18)29-24-16-21(20-9-5-7-11-23(20)26-24)25(28)27-22-10-6-4-8-17(22)2/h5,7,9,11-17,22H,3-4,6,8,10H2,1-2H3,(H,27,28)/t17-,22-/m1/s1. The lowest BCUT2D eigenvalue weighted by Gasteiger charge is -2.29. The van der Waals surface area contributed by atoms with Crippen LogP contribution in [0.4, 0.5) is 0 Å². The fraction of sp³-hybridized carbons (Fsp3) is 0.360. The van der Waals surface area contributed by atoms with Crippen LogP contribution in [-0.2, 0) is 6.42 Å². The van der Waals surface area contributed by atoms with Crippen molar-refractivity contribution in [3.63, 3.8) is 0 Å². The molecule has 3 aromatic rings. The van der Waals surface area contributed by atoms with Gasteiger partial charge in [0.1, 0.15) is 5.03 Å².